The van der Waals surface area contributed by atoms with Crippen LogP contribution in [0, 0.1) is 5.92 Å². The Balaban J connectivity index is 1.97. The molecule has 1 aliphatic rings. The molecule has 0 aromatic rings. The summed E-state index contributed by atoms with van der Waals surface area (Å²) in [5.41, 5.74) is 0. The van der Waals surface area contributed by atoms with Gasteiger partial charge in [0, 0.05) is 20.2 Å². The highest BCUT2D eigenvalue weighted by Gasteiger charge is 2.19. The zero-order valence-corrected chi connectivity index (χ0v) is 9.96. The van der Waals surface area contributed by atoms with E-state index >= 15 is 0 Å². The number of hydrogen-bond donors (Lipinski definition) is 2. The fourth-order valence-corrected chi connectivity index (χ4v) is 1.71. The third kappa shape index (κ3) is 5.44. The van der Waals surface area contributed by atoms with Crippen LogP contribution in [-0.2, 0) is 14.3 Å². The van der Waals surface area contributed by atoms with Crippen LogP contribution in [0.1, 0.15) is 12.8 Å². The molecular formula is C11H22N2O3. The number of piperidine rings is 1. The first kappa shape index (κ1) is 13.4. The number of ether oxygens (including phenoxy) is 2. The van der Waals surface area contributed by atoms with Gasteiger partial charge in [-0.15, -0.1) is 0 Å². The van der Waals surface area contributed by atoms with Gasteiger partial charge in [-0.1, -0.05) is 0 Å². The molecule has 1 heterocycles. The molecule has 0 aromatic carbocycles. The standard InChI is InChI=1S/C11H22N2O3/c1-15-7-8-16-6-5-13-11(14)10-3-2-4-12-9-10/h10,12H,2-9H2,1H3,(H,13,14)/t10-/m1/s1. The molecule has 1 fully saturated rings. The van der Waals surface area contributed by atoms with Crippen LogP contribution >= 0.6 is 0 Å². The van der Waals surface area contributed by atoms with Crippen LogP contribution in [0.5, 0.6) is 0 Å². The largest absolute Gasteiger partial charge is 0.382 e. The lowest BCUT2D eigenvalue weighted by molar-refractivity contribution is -0.125. The summed E-state index contributed by atoms with van der Waals surface area (Å²) in [5, 5.41) is 6.11. The Morgan fingerprint density at radius 1 is 1.44 bits per heavy atom. The molecule has 1 aliphatic heterocycles. The number of rotatable bonds is 7. The highest BCUT2D eigenvalue weighted by molar-refractivity contribution is 5.78. The van der Waals surface area contributed by atoms with Crippen molar-refractivity contribution >= 4 is 5.91 Å². The van der Waals surface area contributed by atoms with Crippen LogP contribution in [0.2, 0.25) is 0 Å². The van der Waals surface area contributed by atoms with E-state index in [0.29, 0.717) is 26.4 Å². The zero-order chi connectivity index (χ0) is 11.6. The fourth-order valence-electron chi connectivity index (χ4n) is 1.71. The molecule has 2 N–H and O–H groups in total. The van der Waals surface area contributed by atoms with Gasteiger partial charge in [0.05, 0.1) is 25.7 Å². The number of carbonyl (C=O) groups is 1. The number of amides is 1. The minimum Gasteiger partial charge on any atom is -0.382 e. The molecule has 0 saturated carbocycles. The molecule has 1 amide bonds. The monoisotopic (exact) mass is 230 g/mol. The van der Waals surface area contributed by atoms with E-state index in [2.05, 4.69) is 10.6 Å². The molecule has 5 nitrogen and oxygen atoms in total. The zero-order valence-electron chi connectivity index (χ0n) is 9.96. The molecule has 94 valence electrons. The van der Waals surface area contributed by atoms with Gasteiger partial charge in [-0.25, -0.2) is 0 Å². The summed E-state index contributed by atoms with van der Waals surface area (Å²) in [4.78, 5) is 11.7. The van der Waals surface area contributed by atoms with Gasteiger partial charge in [0.1, 0.15) is 0 Å². The maximum Gasteiger partial charge on any atom is 0.224 e. The molecule has 1 saturated heterocycles. The van der Waals surface area contributed by atoms with Crippen molar-refractivity contribution in [3.05, 3.63) is 0 Å². The summed E-state index contributed by atoms with van der Waals surface area (Å²) in [6.07, 6.45) is 2.08. The molecule has 5 heteroatoms. The van der Waals surface area contributed by atoms with Crippen molar-refractivity contribution in [1.82, 2.24) is 10.6 Å². The Morgan fingerprint density at radius 3 is 3.00 bits per heavy atom. The topological polar surface area (TPSA) is 59.6 Å². The lowest BCUT2D eigenvalue weighted by Crippen LogP contribution is -2.41. The highest BCUT2D eigenvalue weighted by Crippen LogP contribution is 2.09. The Morgan fingerprint density at radius 2 is 2.31 bits per heavy atom. The predicted octanol–water partition coefficient (Wildman–Crippen LogP) is -0.235. The Labute approximate surface area is 96.9 Å². The van der Waals surface area contributed by atoms with Gasteiger partial charge >= 0.3 is 0 Å². The summed E-state index contributed by atoms with van der Waals surface area (Å²) in [6.45, 7) is 4.15. The second-order valence-corrected chi connectivity index (χ2v) is 3.94. The van der Waals surface area contributed by atoms with Crippen LogP contribution in [0.15, 0.2) is 0 Å². The van der Waals surface area contributed by atoms with Crippen LogP contribution in [0.25, 0.3) is 0 Å². The van der Waals surface area contributed by atoms with E-state index in [9.17, 15) is 4.79 Å². The first-order chi connectivity index (χ1) is 7.84. The van der Waals surface area contributed by atoms with Gasteiger partial charge in [0.2, 0.25) is 5.91 Å². The van der Waals surface area contributed by atoms with Crippen molar-refractivity contribution in [2.45, 2.75) is 12.8 Å². The van der Waals surface area contributed by atoms with Crippen molar-refractivity contribution in [3.8, 4) is 0 Å². The lowest BCUT2D eigenvalue weighted by atomic mass is 9.99. The second-order valence-electron chi connectivity index (χ2n) is 3.94. The molecule has 0 unspecified atom stereocenters. The van der Waals surface area contributed by atoms with Crippen molar-refractivity contribution in [2.75, 3.05) is 46.6 Å². The quantitative estimate of drug-likeness (QED) is 0.593. The maximum absolute atomic E-state index is 11.7. The van der Waals surface area contributed by atoms with Crippen molar-refractivity contribution in [1.29, 1.82) is 0 Å². The summed E-state index contributed by atoms with van der Waals surface area (Å²) < 4.78 is 10.1. The van der Waals surface area contributed by atoms with Crippen LogP contribution in [0.3, 0.4) is 0 Å². The van der Waals surface area contributed by atoms with Gasteiger partial charge in [0.25, 0.3) is 0 Å². The minimum absolute atomic E-state index is 0.132. The molecule has 16 heavy (non-hydrogen) atoms. The average Bonchev–Trinajstić information content (AvgIpc) is 2.34. The molecule has 0 aliphatic carbocycles. The summed E-state index contributed by atoms with van der Waals surface area (Å²) >= 11 is 0. The maximum atomic E-state index is 11.7. The number of hydrogen-bond acceptors (Lipinski definition) is 4. The summed E-state index contributed by atoms with van der Waals surface area (Å²) in [6, 6.07) is 0. The third-order valence-corrected chi connectivity index (χ3v) is 2.65. The van der Waals surface area contributed by atoms with Crippen molar-refractivity contribution in [2.24, 2.45) is 5.92 Å². The van der Waals surface area contributed by atoms with Crippen molar-refractivity contribution in [3.63, 3.8) is 0 Å². The highest BCUT2D eigenvalue weighted by atomic mass is 16.5. The van der Waals surface area contributed by atoms with Gasteiger partial charge < -0.3 is 20.1 Å². The summed E-state index contributed by atoms with van der Waals surface area (Å²) in [7, 11) is 1.64. The van der Waals surface area contributed by atoms with Gasteiger partial charge in [-0.05, 0) is 19.4 Å². The molecule has 1 rings (SSSR count). The summed E-state index contributed by atoms with van der Waals surface area (Å²) in [5.74, 6) is 0.273. The van der Waals surface area contributed by atoms with E-state index in [1.165, 1.54) is 0 Å². The molecular weight excluding hydrogens is 208 g/mol. The molecule has 1 atom stereocenters. The number of methoxy groups -OCH3 is 1. The Kier molecular flexibility index (Phi) is 7.12. The van der Waals surface area contributed by atoms with E-state index in [0.717, 1.165) is 25.9 Å². The second kappa shape index (κ2) is 8.50. The van der Waals surface area contributed by atoms with Crippen LogP contribution < -0.4 is 10.6 Å². The Bertz CT molecular complexity index is 194. The molecule has 0 aromatic heterocycles. The molecule has 0 bridgehead atoms. The SMILES string of the molecule is COCCOCCNC(=O)[C@@H]1CCCNC1. The number of carbonyl (C=O) groups excluding carboxylic acids is 1. The van der Waals surface area contributed by atoms with Gasteiger partial charge in [0.15, 0.2) is 0 Å². The fraction of sp³-hybridized carbons (Fsp3) is 0.909. The average molecular weight is 230 g/mol. The normalized spacial score (nSPS) is 20.7. The first-order valence-electron chi connectivity index (χ1n) is 5.89. The third-order valence-electron chi connectivity index (χ3n) is 2.65. The minimum atomic E-state index is 0.132. The lowest BCUT2D eigenvalue weighted by Gasteiger charge is -2.21. The smallest absolute Gasteiger partial charge is 0.224 e. The van der Waals surface area contributed by atoms with Crippen LogP contribution in [-0.4, -0.2) is 52.5 Å². The van der Waals surface area contributed by atoms with E-state index in [1.807, 2.05) is 0 Å². The number of nitrogens with one attached hydrogen (secondary N) is 2. The van der Waals surface area contributed by atoms with E-state index in [-0.39, 0.29) is 11.8 Å². The van der Waals surface area contributed by atoms with E-state index in [1.54, 1.807) is 7.11 Å². The molecule has 0 spiro atoms. The first-order valence-corrected chi connectivity index (χ1v) is 5.89. The van der Waals surface area contributed by atoms with Gasteiger partial charge in [-0.2, -0.15) is 0 Å². The van der Waals surface area contributed by atoms with Gasteiger partial charge in [-0.3, -0.25) is 4.79 Å². The predicted molar refractivity (Wildman–Crippen MR) is 61.3 cm³/mol. The Hall–Kier alpha value is -0.650. The van der Waals surface area contributed by atoms with E-state index in [4.69, 9.17) is 9.47 Å². The van der Waals surface area contributed by atoms with E-state index < -0.39 is 0 Å². The molecule has 0 radical (unpaired) electrons. The van der Waals surface area contributed by atoms with Crippen LogP contribution in [0.4, 0.5) is 0 Å². The van der Waals surface area contributed by atoms with Crippen molar-refractivity contribution < 1.29 is 14.3 Å².